The maximum Gasteiger partial charge on any atom is 0.242 e. The molecule has 0 aliphatic rings. The number of likely N-dealkylation sites (N-methyl/N-ethyl adjacent to an activating group) is 1. The van der Waals surface area contributed by atoms with E-state index in [4.69, 9.17) is 0 Å². The molecule has 0 bridgehead atoms. The van der Waals surface area contributed by atoms with Crippen LogP contribution in [0, 0.1) is 0 Å². The molecule has 0 aromatic carbocycles. The first kappa shape index (κ1) is 18.1. The zero-order valence-corrected chi connectivity index (χ0v) is 15.5. The highest BCUT2D eigenvalue weighted by Crippen LogP contribution is 2.31. The van der Waals surface area contributed by atoms with Crippen molar-refractivity contribution in [2.75, 3.05) is 27.2 Å². The molecule has 5 nitrogen and oxygen atoms in total. The molecule has 0 unspecified atom stereocenters. The Labute approximate surface area is 133 Å². The Balaban J connectivity index is 2.74. The molecule has 0 radical (unpaired) electrons. The molecule has 8 heteroatoms. The lowest BCUT2D eigenvalue weighted by Gasteiger charge is -2.10. The molecule has 0 aliphatic carbocycles. The third kappa shape index (κ3) is 5.79. The van der Waals surface area contributed by atoms with Gasteiger partial charge in [0.15, 0.2) is 0 Å². The van der Waals surface area contributed by atoms with Crippen LogP contribution in [0.4, 0.5) is 0 Å². The average molecular weight is 384 g/mol. The van der Waals surface area contributed by atoms with Gasteiger partial charge in [-0.3, -0.25) is 0 Å². The van der Waals surface area contributed by atoms with Crippen molar-refractivity contribution in [3.05, 3.63) is 14.7 Å². The van der Waals surface area contributed by atoms with Crippen LogP contribution in [0.15, 0.2) is 14.7 Å². The lowest BCUT2D eigenvalue weighted by molar-refractivity contribution is 0.412. The van der Waals surface area contributed by atoms with Gasteiger partial charge in [-0.15, -0.1) is 11.3 Å². The van der Waals surface area contributed by atoms with Crippen molar-refractivity contribution in [3.63, 3.8) is 0 Å². The monoisotopic (exact) mass is 383 g/mol. The highest BCUT2D eigenvalue weighted by molar-refractivity contribution is 9.11. The largest absolute Gasteiger partial charge is 0.310 e. The number of sulfonamides is 1. The summed E-state index contributed by atoms with van der Waals surface area (Å²) in [6.45, 7) is 5.86. The molecular weight excluding hydrogens is 362 g/mol. The number of hydrogen-bond donors (Lipinski definition) is 2. The summed E-state index contributed by atoms with van der Waals surface area (Å²) < 4.78 is 27.7. The molecule has 2 N–H and O–H groups in total. The van der Waals surface area contributed by atoms with Crippen molar-refractivity contribution in [2.24, 2.45) is 0 Å². The van der Waals surface area contributed by atoms with Crippen LogP contribution in [0.2, 0.25) is 0 Å². The fraction of sp³-hybridized carbons (Fsp3) is 0.667. The van der Waals surface area contributed by atoms with Gasteiger partial charge in [0.25, 0.3) is 0 Å². The minimum absolute atomic E-state index is 0.321. The molecular formula is C12H22BrN3O2S2. The number of nitrogens with zero attached hydrogens (tertiary/aromatic N) is 1. The number of rotatable bonds is 8. The molecule has 0 spiro atoms. The highest BCUT2D eigenvalue weighted by Gasteiger charge is 2.20. The lowest BCUT2D eigenvalue weighted by Crippen LogP contribution is -2.31. The van der Waals surface area contributed by atoms with Crippen LogP contribution in [0.5, 0.6) is 0 Å². The smallest absolute Gasteiger partial charge is 0.242 e. The first-order valence-electron chi connectivity index (χ1n) is 6.38. The molecule has 1 aromatic rings. The molecule has 1 aromatic heterocycles. The number of halogens is 1. The van der Waals surface area contributed by atoms with E-state index in [9.17, 15) is 8.42 Å². The van der Waals surface area contributed by atoms with E-state index in [0.29, 0.717) is 34.4 Å². The minimum Gasteiger partial charge on any atom is -0.310 e. The van der Waals surface area contributed by atoms with Crippen molar-refractivity contribution in [2.45, 2.75) is 31.3 Å². The van der Waals surface area contributed by atoms with E-state index in [-0.39, 0.29) is 0 Å². The summed E-state index contributed by atoms with van der Waals surface area (Å²) in [6, 6.07) is 2.09. The van der Waals surface area contributed by atoms with Crippen molar-refractivity contribution >= 4 is 37.3 Å². The molecule has 1 rings (SSSR count). The van der Waals surface area contributed by atoms with Gasteiger partial charge in [0.2, 0.25) is 10.0 Å². The summed E-state index contributed by atoms with van der Waals surface area (Å²) in [4.78, 5) is 3.25. The first-order chi connectivity index (χ1) is 9.22. The maximum atomic E-state index is 12.2. The summed E-state index contributed by atoms with van der Waals surface area (Å²) in [5.74, 6) is 0. The highest BCUT2D eigenvalue weighted by atomic mass is 79.9. The Morgan fingerprint density at radius 3 is 2.60 bits per heavy atom. The van der Waals surface area contributed by atoms with Crippen LogP contribution in [0.1, 0.15) is 18.7 Å². The van der Waals surface area contributed by atoms with Gasteiger partial charge in [-0.25, -0.2) is 13.1 Å². The van der Waals surface area contributed by atoms with Crippen LogP contribution in [-0.4, -0.2) is 46.5 Å². The van der Waals surface area contributed by atoms with E-state index in [0.717, 1.165) is 4.88 Å². The van der Waals surface area contributed by atoms with Gasteiger partial charge >= 0.3 is 0 Å². The molecule has 20 heavy (non-hydrogen) atoms. The van der Waals surface area contributed by atoms with Gasteiger partial charge in [0.05, 0.1) is 3.79 Å². The number of nitrogens with one attached hydrogen (secondary N) is 2. The van der Waals surface area contributed by atoms with Gasteiger partial charge in [-0.05, 0) is 36.1 Å². The van der Waals surface area contributed by atoms with E-state index >= 15 is 0 Å². The van der Waals surface area contributed by atoms with E-state index in [1.54, 1.807) is 6.07 Å². The molecule has 0 saturated heterocycles. The van der Waals surface area contributed by atoms with E-state index < -0.39 is 10.0 Å². The molecule has 0 amide bonds. The average Bonchev–Trinajstić information content (AvgIpc) is 2.68. The standard InChI is InChI=1S/C12H22BrN3O2S2/c1-9(2)14-8-10-7-11(12(13)19-10)20(17,18)15-5-6-16(3)4/h7,9,14-15H,5-6,8H2,1-4H3. The molecule has 0 saturated carbocycles. The molecule has 0 aliphatic heterocycles. The predicted octanol–water partition coefficient (Wildman–Crippen LogP) is 1.85. The number of hydrogen-bond acceptors (Lipinski definition) is 5. The van der Waals surface area contributed by atoms with Crippen LogP contribution in [-0.2, 0) is 16.6 Å². The number of thiophene rings is 1. The van der Waals surface area contributed by atoms with Crippen molar-refractivity contribution in [1.82, 2.24) is 14.9 Å². The fourth-order valence-electron chi connectivity index (χ4n) is 1.45. The van der Waals surface area contributed by atoms with Crippen LogP contribution in [0.25, 0.3) is 0 Å². The quantitative estimate of drug-likeness (QED) is 0.718. The second-order valence-electron chi connectivity index (χ2n) is 5.09. The minimum atomic E-state index is -3.45. The third-order valence-corrected chi connectivity index (χ3v) is 6.24. The summed E-state index contributed by atoms with van der Waals surface area (Å²) in [7, 11) is 0.369. The summed E-state index contributed by atoms with van der Waals surface area (Å²) in [5, 5.41) is 3.28. The van der Waals surface area contributed by atoms with Crippen molar-refractivity contribution in [1.29, 1.82) is 0 Å². The molecule has 1 heterocycles. The van der Waals surface area contributed by atoms with Gasteiger partial charge in [-0.1, -0.05) is 13.8 Å². The van der Waals surface area contributed by atoms with Crippen molar-refractivity contribution < 1.29 is 8.42 Å². The SMILES string of the molecule is CC(C)NCc1cc(S(=O)(=O)NCCN(C)C)c(Br)s1. The zero-order chi connectivity index (χ0) is 15.3. The van der Waals surface area contributed by atoms with E-state index in [1.807, 2.05) is 19.0 Å². The predicted molar refractivity (Wildman–Crippen MR) is 87.7 cm³/mol. The first-order valence-corrected chi connectivity index (χ1v) is 9.47. The maximum absolute atomic E-state index is 12.2. The Bertz CT molecular complexity index is 527. The van der Waals surface area contributed by atoms with Gasteiger partial charge in [0, 0.05) is 30.6 Å². The van der Waals surface area contributed by atoms with E-state index in [1.165, 1.54) is 11.3 Å². The Hall–Kier alpha value is 0.01000. The Kier molecular flexibility index (Phi) is 7.10. The molecule has 116 valence electrons. The third-order valence-electron chi connectivity index (χ3n) is 2.53. The van der Waals surface area contributed by atoms with Gasteiger partial charge in [0.1, 0.15) is 4.90 Å². The lowest BCUT2D eigenvalue weighted by atomic mass is 10.4. The van der Waals surface area contributed by atoms with E-state index in [2.05, 4.69) is 39.8 Å². The second kappa shape index (κ2) is 7.86. The van der Waals surface area contributed by atoms with Gasteiger partial charge < -0.3 is 10.2 Å². The van der Waals surface area contributed by atoms with Crippen LogP contribution in [0.3, 0.4) is 0 Å². The molecule has 0 fully saturated rings. The normalized spacial score (nSPS) is 12.6. The summed E-state index contributed by atoms with van der Waals surface area (Å²) in [6.07, 6.45) is 0. The second-order valence-corrected chi connectivity index (χ2v) is 9.28. The van der Waals surface area contributed by atoms with Gasteiger partial charge in [-0.2, -0.15) is 0 Å². The molecule has 0 atom stereocenters. The van der Waals surface area contributed by atoms with Crippen LogP contribution >= 0.6 is 27.3 Å². The zero-order valence-electron chi connectivity index (χ0n) is 12.2. The summed E-state index contributed by atoms with van der Waals surface area (Å²) in [5.41, 5.74) is 0. The Morgan fingerprint density at radius 2 is 2.05 bits per heavy atom. The Morgan fingerprint density at radius 1 is 1.40 bits per heavy atom. The fourth-order valence-corrected chi connectivity index (χ4v) is 5.11. The summed E-state index contributed by atoms with van der Waals surface area (Å²) >= 11 is 4.79. The van der Waals surface area contributed by atoms with Crippen LogP contribution < -0.4 is 10.0 Å². The topological polar surface area (TPSA) is 61.4 Å². The van der Waals surface area contributed by atoms with Crippen molar-refractivity contribution in [3.8, 4) is 0 Å².